The Morgan fingerprint density at radius 3 is 2.80 bits per heavy atom. The van der Waals surface area contributed by atoms with Crippen LogP contribution >= 0.6 is 0 Å². The summed E-state index contributed by atoms with van der Waals surface area (Å²) in [5.74, 6) is 1.58. The van der Waals surface area contributed by atoms with E-state index < -0.39 is 0 Å². The standard InChI is InChI=1S/C12H18N2O/c1-2-5-9(4-1)12-14-11(8-15-12)10-6-3-7-13-10/h8-10,13H,1-7H2. The van der Waals surface area contributed by atoms with Crippen LogP contribution in [-0.4, -0.2) is 11.5 Å². The van der Waals surface area contributed by atoms with Crippen molar-refractivity contribution in [2.24, 2.45) is 0 Å². The van der Waals surface area contributed by atoms with Gasteiger partial charge in [0.15, 0.2) is 5.89 Å². The molecule has 1 N–H and O–H groups in total. The lowest BCUT2D eigenvalue weighted by molar-refractivity contribution is 0.448. The van der Waals surface area contributed by atoms with Crippen LogP contribution in [0.3, 0.4) is 0 Å². The maximum absolute atomic E-state index is 5.61. The molecule has 2 fully saturated rings. The van der Waals surface area contributed by atoms with E-state index in [4.69, 9.17) is 4.42 Å². The van der Waals surface area contributed by atoms with Crippen LogP contribution in [-0.2, 0) is 0 Å². The maximum atomic E-state index is 5.61. The molecular weight excluding hydrogens is 188 g/mol. The lowest BCUT2D eigenvalue weighted by Gasteiger charge is -2.04. The van der Waals surface area contributed by atoms with Gasteiger partial charge in [-0.3, -0.25) is 0 Å². The molecule has 0 bridgehead atoms. The Morgan fingerprint density at radius 2 is 2.07 bits per heavy atom. The van der Waals surface area contributed by atoms with Gasteiger partial charge in [-0.05, 0) is 32.2 Å². The normalized spacial score (nSPS) is 27.6. The minimum absolute atomic E-state index is 0.448. The highest BCUT2D eigenvalue weighted by atomic mass is 16.3. The summed E-state index contributed by atoms with van der Waals surface area (Å²) in [5.41, 5.74) is 1.12. The molecule has 0 amide bonds. The van der Waals surface area contributed by atoms with Gasteiger partial charge in [0.05, 0.1) is 11.7 Å². The molecule has 15 heavy (non-hydrogen) atoms. The first-order chi connectivity index (χ1) is 7.43. The monoisotopic (exact) mass is 206 g/mol. The fourth-order valence-corrected chi connectivity index (χ4v) is 2.76. The molecule has 0 radical (unpaired) electrons. The van der Waals surface area contributed by atoms with Gasteiger partial charge < -0.3 is 9.73 Å². The molecule has 82 valence electrons. The Kier molecular flexibility index (Phi) is 2.49. The minimum atomic E-state index is 0.448. The highest BCUT2D eigenvalue weighted by Gasteiger charge is 2.25. The number of oxazole rings is 1. The Balaban J connectivity index is 1.74. The topological polar surface area (TPSA) is 38.1 Å². The van der Waals surface area contributed by atoms with E-state index in [1.165, 1.54) is 38.5 Å². The number of nitrogens with one attached hydrogen (secondary N) is 1. The van der Waals surface area contributed by atoms with Gasteiger partial charge in [0.2, 0.25) is 0 Å². The van der Waals surface area contributed by atoms with E-state index in [1.54, 1.807) is 0 Å². The fraction of sp³-hybridized carbons (Fsp3) is 0.750. The number of hydrogen-bond acceptors (Lipinski definition) is 3. The molecule has 1 saturated heterocycles. The first-order valence-electron chi connectivity index (χ1n) is 6.12. The van der Waals surface area contributed by atoms with Crippen LogP contribution in [0, 0.1) is 0 Å². The van der Waals surface area contributed by atoms with Crippen LogP contribution in [0.5, 0.6) is 0 Å². The third kappa shape index (κ3) is 1.81. The van der Waals surface area contributed by atoms with Gasteiger partial charge in [-0.15, -0.1) is 0 Å². The van der Waals surface area contributed by atoms with E-state index >= 15 is 0 Å². The van der Waals surface area contributed by atoms with Crippen molar-refractivity contribution in [1.29, 1.82) is 0 Å². The van der Waals surface area contributed by atoms with Gasteiger partial charge in [-0.25, -0.2) is 4.98 Å². The Morgan fingerprint density at radius 1 is 1.20 bits per heavy atom. The van der Waals surface area contributed by atoms with Crippen LogP contribution in [0.2, 0.25) is 0 Å². The minimum Gasteiger partial charge on any atom is -0.448 e. The summed E-state index contributed by atoms with van der Waals surface area (Å²) in [6.45, 7) is 1.12. The zero-order valence-electron chi connectivity index (χ0n) is 9.04. The van der Waals surface area contributed by atoms with Crippen LogP contribution in [0.15, 0.2) is 10.7 Å². The molecule has 1 aromatic rings. The Labute approximate surface area is 90.3 Å². The highest BCUT2D eigenvalue weighted by Crippen LogP contribution is 2.34. The molecule has 1 aliphatic carbocycles. The molecule has 1 saturated carbocycles. The highest BCUT2D eigenvalue weighted by molar-refractivity contribution is 5.08. The SMILES string of the molecule is c1oc(C2CCCC2)nc1C1CCCN1. The second-order valence-corrected chi connectivity index (χ2v) is 4.74. The Hall–Kier alpha value is -0.830. The predicted octanol–water partition coefficient (Wildman–Crippen LogP) is 2.76. The van der Waals surface area contributed by atoms with E-state index in [-0.39, 0.29) is 0 Å². The average Bonchev–Trinajstić information content (AvgIpc) is 3.02. The molecule has 1 unspecified atom stereocenters. The summed E-state index contributed by atoms with van der Waals surface area (Å²) in [6, 6.07) is 0.448. The molecule has 0 spiro atoms. The zero-order valence-corrected chi connectivity index (χ0v) is 9.04. The van der Waals surface area contributed by atoms with Crippen molar-refractivity contribution in [2.45, 2.75) is 50.5 Å². The van der Waals surface area contributed by atoms with Crippen molar-refractivity contribution >= 4 is 0 Å². The molecule has 1 aliphatic heterocycles. The van der Waals surface area contributed by atoms with E-state index in [0.29, 0.717) is 12.0 Å². The third-order valence-electron chi connectivity index (χ3n) is 3.66. The second kappa shape index (κ2) is 3.97. The van der Waals surface area contributed by atoms with E-state index in [1.807, 2.05) is 6.26 Å². The molecule has 2 heterocycles. The van der Waals surface area contributed by atoms with Crippen molar-refractivity contribution in [3.05, 3.63) is 17.8 Å². The van der Waals surface area contributed by atoms with Crippen LogP contribution in [0.25, 0.3) is 0 Å². The third-order valence-corrected chi connectivity index (χ3v) is 3.66. The number of nitrogens with zero attached hydrogens (tertiary/aromatic N) is 1. The largest absolute Gasteiger partial charge is 0.448 e. The van der Waals surface area contributed by atoms with Gasteiger partial charge in [0.25, 0.3) is 0 Å². The Bertz CT molecular complexity index is 292. The molecule has 3 heteroatoms. The first kappa shape index (κ1) is 9.40. The van der Waals surface area contributed by atoms with Crippen molar-refractivity contribution in [3.63, 3.8) is 0 Å². The first-order valence-corrected chi connectivity index (χ1v) is 6.12. The van der Waals surface area contributed by atoms with E-state index in [0.717, 1.165) is 18.1 Å². The van der Waals surface area contributed by atoms with Crippen LogP contribution in [0.1, 0.15) is 62.1 Å². The van der Waals surface area contributed by atoms with E-state index in [2.05, 4.69) is 10.3 Å². The number of rotatable bonds is 2. The van der Waals surface area contributed by atoms with Crippen molar-refractivity contribution < 1.29 is 4.42 Å². The summed E-state index contributed by atoms with van der Waals surface area (Å²) < 4.78 is 5.61. The molecule has 1 atom stereocenters. The zero-order chi connectivity index (χ0) is 10.1. The quantitative estimate of drug-likeness (QED) is 0.808. The lowest BCUT2D eigenvalue weighted by Crippen LogP contribution is -2.13. The summed E-state index contributed by atoms with van der Waals surface area (Å²) in [7, 11) is 0. The smallest absolute Gasteiger partial charge is 0.197 e. The molecule has 2 aliphatic rings. The number of hydrogen-bond donors (Lipinski definition) is 1. The second-order valence-electron chi connectivity index (χ2n) is 4.74. The van der Waals surface area contributed by atoms with Gasteiger partial charge in [0, 0.05) is 5.92 Å². The number of aromatic nitrogens is 1. The maximum Gasteiger partial charge on any atom is 0.197 e. The van der Waals surface area contributed by atoms with Gasteiger partial charge in [0.1, 0.15) is 6.26 Å². The van der Waals surface area contributed by atoms with Crippen molar-refractivity contribution in [1.82, 2.24) is 10.3 Å². The predicted molar refractivity (Wildman–Crippen MR) is 57.7 cm³/mol. The summed E-state index contributed by atoms with van der Waals surface area (Å²) in [6.07, 6.45) is 9.52. The molecule has 3 nitrogen and oxygen atoms in total. The van der Waals surface area contributed by atoms with Crippen LogP contribution < -0.4 is 5.32 Å². The van der Waals surface area contributed by atoms with Crippen molar-refractivity contribution in [2.75, 3.05) is 6.54 Å². The molecule has 1 aromatic heterocycles. The summed E-state index contributed by atoms with van der Waals surface area (Å²) in [5, 5.41) is 3.45. The fourth-order valence-electron chi connectivity index (χ4n) is 2.76. The van der Waals surface area contributed by atoms with Gasteiger partial charge >= 0.3 is 0 Å². The molecule has 0 aromatic carbocycles. The summed E-state index contributed by atoms with van der Waals surface area (Å²) >= 11 is 0. The lowest BCUT2D eigenvalue weighted by atomic mass is 10.1. The van der Waals surface area contributed by atoms with Gasteiger partial charge in [-0.2, -0.15) is 0 Å². The van der Waals surface area contributed by atoms with E-state index in [9.17, 15) is 0 Å². The molecular formula is C12H18N2O. The van der Waals surface area contributed by atoms with Gasteiger partial charge in [-0.1, -0.05) is 12.8 Å². The summed E-state index contributed by atoms with van der Waals surface area (Å²) in [4.78, 5) is 4.65. The average molecular weight is 206 g/mol. The van der Waals surface area contributed by atoms with Crippen molar-refractivity contribution in [3.8, 4) is 0 Å². The molecule has 3 rings (SSSR count). The van der Waals surface area contributed by atoms with Crippen LogP contribution in [0.4, 0.5) is 0 Å².